The second kappa shape index (κ2) is 5.99. The molecule has 5 heteroatoms. The van der Waals surface area contributed by atoms with Crippen LogP contribution in [0, 0.1) is 0 Å². The van der Waals surface area contributed by atoms with E-state index in [-0.39, 0.29) is 24.7 Å². The first kappa shape index (κ1) is 13.8. The summed E-state index contributed by atoms with van der Waals surface area (Å²) >= 11 is 0. The van der Waals surface area contributed by atoms with Crippen LogP contribution in [0.5, 0.6) is 0 Å². The van der Waals surface area contributed by atoms with Crippen molar-refractivity contribution in [3.63, 3.8) is 0 Å². The number of hydrogen-bond acceptors (Lipinski definition) is 4. The second-order valence-electron chi connectivity index (χ2n) is 5.45. The lowest BCUT2D eigenvalue weighted by Crippen LogP contribution is -2.54. The van der Waals surface area contributed by atoms with E-state index in [1.807, 2.05) is 0 Å². The summed E-state index contributed by atoms with van der Waals surface area (Å²) in [6.45, 7) is 6.26. The van der Waals surface area contributed by atoms with Gasteiger partial charge in [0.2, 0.25) is 0 Å². The molecule has 2 rings (SSSR count). The number of hydrogen-bond donors (Lipinski definition) is 1. The third kappa shape index (κ3) is 3.43. The highest BCUT2D eigenvalue weighted by Gasteiger charge is 2.35. The minimum absolute atomic E-state index is 0.0127. The SMILES string of the molecule is CC1CC(N2CCOCC2CC(=O)O)CC(C)O1. The number of nitrogens with zero attached hydrogens (tertiary/aromatic N) is 1. The van der Waals surface area contributed by atoms with Crippen molar-refractivity contribution in [2.24, 2.45) is 0 Å². The summed E-state index contributed by atoms with van der Waals surface area (Å²) in [7, 11) is 0. The maximum atomic E-state index is 10.9. The van der Waals surface area contributed by atoms with Gasteiger partial charge in [-0.3, -0.25) is 9.69 Å². The summed E-state index contributed by atoms with van der Waals surface area (Å²) in [6.07, 6.45) is 2.65. The number of rotatable bonds is 3. The molecule has 0 saturated carbocycles. The molecule has 2 saturated heterocycles. The first-order valence-corrected chi connectivity index (χ1v) is 6.77. The largest absolute Gasteiger partial charge is 0.481 e. The van der Waals surface area contributed by atoms with Crippen molar-refractivity contribution >= 4 is 5.97 Å². The highest BCUT2D eigenvalue weighted by atomic mass is 16.5. The minimum atomic E-state index is -0.747. The molecule has 104 valence electrons. The summed E-state index contributed by atoms with van der Waals surface area (Å²) in [5.41, 5.74) is 0. The van der Waals surface area contributed by atoms with Crippen LogP contribution >= 0.6 is 0 Å². The van der Waals surface area contributed by atoms with E-state index in [0.29, 0.717) is 19.3 Å². The molecule has 18 heavy (non-hydrogen) atoms. The van der Waals surface area contributed by atoms with Gasteiger partial charge < -0.3 is 14.6 Å². The van der Waals surface area contributed by atoms with Crippen LogP contribution in [-0.4, -0.2) is 60.0 Å². The second-order valence-corrected chi connectivity index (χ2v) is 5.45. The molecule has 0 spiro atoms. The van der Waals surface area contributed by atoms with Crippen molar-refractivity contribution in [3.8, 4) is 0 Å². The summed E-state index contributed by atoms with van der Waals surface area (Å²) < 4.78 is 11.2. The average Bonchev–Trinajstić information content (AvgIpc) is 2.27. The van der Waals surface area contributed by atoms with Crippen molar-refractivity contribution in [1.82, 2.24) is 4.90 Å². The fraction of sp³-hybridized carbons (Fsp3) is 0.923. The Morgan fingerprint density at radius 2 is 2.00 bits per heavy atom. The Morgan fingerprint density at radius 1 is 1.33 bits per heavy atom. The molecule has 0 amide bonds. The van der Waals surface area contributed by atoms with Gasteiger partial charge in [0, 0.05) is 18.6 Å². The standard InChI is InChI=1S/C13H23NO4/c1-9-5-11(6-10(2)18-9)14-3-4-17-8-12(14)7-13(15)16/h9-12H,3-8H2,1-2H3,(H,15,16). The Kier molecular flexibility index (Phi) is 4.59. The molecule has 2 aliphatic rings. The summed E-state index contributed by atoms with van der Waals surface area (Å²) in [4.78, 5) is 13.2. The monoisotopic (exact) mass is 257 g/mol. The molecule has 0 bridgehead atoms. The van der Waals surface area contributed by atoms with Gasteiger partial charge in [-0.1, -0.05) is 0 Å². The molecule has 0 aromatic carbocycles. The highest BCUT2D eigenvalue weighted by molar-refractivity contribution is 5.67. The zero-order chi connectivity index (χ0) is 13.1. The third-order valence-electron chi connectivity index (χ3n) is 3.82. The van der Waals surface area contributed by atoms with Crippen LogP contribution in [0.2, 0.25) is 0 Å². The molecule has 0 aromatic rings. The minimum Gasteiger partial charge on any atom is -0.481 e. The Bertz CT molecular complexity index is 287. The summed E-state index contributed by atoms with van der Waals surface area (Å²) in [6, 6.07) is 0.441. The van der Waals surface area contributed by atoms with E-state index >= 15 is 0 Å². The molecule has 5 nitrogen and oxygen atoms in total. The molecule has 1 N–H and O–H groups in total. The van der Waals surface area contributed by atoms with E-state index in [1.54, 1.807) is 0 Å². The van der Waals surface area contributed by atoms with Gasteiger partial charge in [0.15, 0.2) is 0 Å². The van der Waals surface area contributed by atoms with Gasteiger partial charge in [-0.05, 0) is 26.7 Å². The average molecular weight is 257 g/mol. The Labute approximate surface area is 108 Å². The predicted molar refractivity (Wildman–Crippen MR) is 66.6 cm³/mol. The highest BCUT2D eigenvalue weighted by Crippen LogP contribution is 2.27. The van der Waals surface area contributed by atoms with E-state index < -0.39 is 5.97 Å². The van der Waals surface area contributed by atoms with Crippen molar-refractivity contribution < 1.29 is 19.4 Å². The lowest BCUT2D eigenvalue weighted by Gasteiger charge is -2.44. The maximum Gasteiger partial charge on any atom is 0.305 e. The van der Waals surface area contributed by atoms with Crippen molar-refractivity contribution in [2.45, 2.75) is 57.4 Å². The third-order valence-corrected chi connectivity index (χ3v) is 3.82. The molecular weight excluding hydrogens is 234 g/mol. The summed E-state index contributed by atoms with van der Waals surface area (Å²) in [5, 5.41) is 8.98. The van der Waals surface area contributed by atoms with E-state index in [0.717, 1.165) is 19.4 Å². The number of carbonyl (C=O) groups is 1. The van der Waals surface area contributed by atoms with Crippen LogP contribution in [0.15, 0.2) is 0 Å². The molecule has 2 aliphatic heterocycles. The van der Waals surface area contributed by atoms with Gasteiger partial charge in [-0.15, -0.1) is 0 Å². The van der Waals surface area contributed by atoms with E-state index in [1.165, 1.54) is 0 Å². The fourth-order valence-electron chi connectivity index (χ4n) is 3.17. The van der Waals surface area contributed by atoms with E-state index in [2.05, 4.69) is 18.7 Å². The van der Waals surface area contributed by atoms with Gasteiger partial charge in [-0.2, -0.15) is 0 Å². The van der Waals surface area contributed by atoms with Crippen LogP contribution in [0.25, 0.3) is 0 Å². The molecule has 3 atom stereocenters. The van der Waals surface area contributed by atoms with Gasteiger partial charge in [0.25, 0.3) is 0 Å². The zero-order valence-electron chi connectivity index (χ0n) is 11.2. The normalized spacial score (nSPS) is 38.6. The smallest absolute Gasteiger partial charge is 0.305 e. The number of ether oxygens (including phenoxy) is 2. The van der Waals surface area contributed by atoms with E-state index in [9.17, 15) is 4.79 Å². The number of morpholine rings is 1. The molecule has 3 unspecified atom stereocenters. The van der Waals surface area contributed by atoms with E-state index in [4.69, 9.17) is 14.6 Å². The molecule has 0 aliphatic carbocycles. The molecule has 0 radical (unpaired) electrons. The maximum absolute atomic E-state index is 10.9. The number of carboxylic acid groups (broad SMARTS) is 1. The van der Waals surface area contributed by atoms with Crippen molar-refractivity contribution in [2.75, 3.05) is 19.8 Å². The number of aliphatic carboxylic acids is 1. The van der Waals surface area contributed by atoms with Gasteiger partial charge in [0.1, 0.15) is 0 Å². The zero-order valence-corrected chi connectivity index (χ0v) is 11.2. The van der Waals surface area contributed by atoms with Crippen LogP contribution < -0.4 is 0 Å². The van der Waals surface area contributed by atoms with Crippen LogP contribution in [-0.2, 0) is 14.3 Å². The lowest BCUT2D eigenvalue weighted by molar-refractivity contribution is -0.142. The van der Waals surface area contributed by atoms with Gasteiger partial charge in [-0.25, -0.2) is 0 Å². The lowest BCUT2D eigenvalue weighted by atomic mass is 9.95. The summed E-state index contributed by atoms with van der Waals surface area (Å²) in [5.74, 6) is -0.747. The van der Waals surface area contributed by atoms with Crippen molar-refractivity contribution in [3.05, 3.63) is 0 Å². The molecule has 2 heterocycles. The Hall–Kier alpha value is -0.650. The Balaban J connectivity index is 2.01. The Morgan fingerprint density at radius 3 is 2.61 bits per heavy atom. The number of carboxylic acids is 1. The quantitative estimate of drug-likeness (QED) is 0.821. The van der Waals surface area contributed by atoms with Crippen LogP contribution in [0.3, 0.4) is 0 Å². The first-order chi connectivity index (χ1) is 8.56. The molecular formula is C13H23NO4. The van der Waals surface area contributed by atoms with Gasteiger partial charge >= 0.3 is 5.97 Å². The van der Waals surface area contributed by atoms with Crippen molar-refractivity contribution in [1.29, 1.82) is 0 Å². The molecule has 0 aromatic heterocycles. The van der Waals surface area contributed by atoms with Crippen LogP contribution in [0.1, 0.15) is 33.1 Å². The first-order valence-electron chi connectivity index (χ1n) is 6.77. The predicted octanol–water partition coefficient (Wildman–Crippen LogP) is 1.12. The molecule has 2 fully saturated rings. The topological polar surface area (TPSA) is 59.0 Å². The van der Waals surface area contributed by atoms with Crippen LogP contribution in [0.4, 0.5) is 0 Å². The fourth-order valence-corrected chi connectivity index (χ4v) is 3.17. The van der Waals surface area contributed by atoms with Gasteiger partial charge in [0.05, 0.1) is 31.8 Å².